The maximum Gasteiger partial charge on any atom is 0.251 e. The quantitative estimate of drug-likeness (QED) is 0.266. The van der Waals surface area contributed by atoms with Gasteiger partial charge in [-0.05, 0) is 36.8 Å². The minimum absolute atomic E-state index is 0.126. The number of anilines is 2. The van der Waals surface area contributed by atoms with Crippen molar-refractivity contribution in [2.24, 2.45) is 0 Å². The van der Waals surface area contributed by atoms with Crippen molar-refractivity contribution in [3.05, 3.63) is 71.5 Å². The number of aromatic amines is 1. The number of carbonyl (C=O) groups is 1. The monoisotopic (exact) mass is 420 g/mol. The van der Waals surface area contributed by atoms with Gasteiger partial charge in [-0.15, -0.1) is 0 Å². The van der Waals surface area contributed by atoms with Gasteiger partial charge in [-0.3, -0.25) is 4.79 Å². The summed E-state index contributed by atoms with van der Waals surface area (Å²) < 4.78 is 0. The van der Waals surface area contributed by atoms with Crippen LogP contribution in [0.15, 0.2) is 60.9 Å². The molecule has 1 amide bonds. The van der Waals surface area contributed by atoms with E-state index in [1.807, 2.05) is 30.5 Å². The van der Waals surface area contributed by atoms with Gasteiger partial charge in [-0.25, -0.2) is 9.97 Å². The molecule has 152 valence electrons. The Hall–Kier alpha value is -3.58. The molecule has 0 aliphatic rings. The van der Waals surface area contributed by atoms with Gasteiger partial charge in [0.25, 0.3) is 5.91 Å². The Morgan fingerprint density at radius 3 is 2.73 bits per heavy atom. The Labute approximate surface area is 178 Å². The van der Waals surface area contributed by atoms with Crippen molar-refractivity contribution in [1.29, 1.82) is 0 Å². The molecule has 0 spiro atoms. The molecular formula is C22H21ClN6O. The number of nitrogens with one attached hydrogen (secondary N) is 3. The van der Waals surface area contributed by atoms with Crippen LogP contribution >= 0.6 is 11.6 Å². The van der Waals surface area contributed by atoms with E-state index in [4.69, 9.17) is 17.3 Å². The zero-order chi connectivity index (χ0) is 20.9. The zero-order valence-corrected chi connectivity index (χ0v) is 16.9. The number of nitrogens with two attached hydrogens (primary N) is 1. The fourth-order valence-corrected chi connectivity index (χ4v) is 3.33. The summed E-state index contributed by atoms with van der Waals surface area (Å²) in [6.07, 6.45) is 4.21. The van der Waals surface area contributed by atoms with Crippen LogP contribution in [-0.2, 0) is 0 Å². The second-order valence-electron chi connectivity index (χ2n) is 6.80. The van der Waals surface area contributed by atoms with Gasteiger partial charge in [-0.2, -0.15) is 0 Å². The number of nitrogens with zero attached hydrogens (tertiary/aromatic N) is 2. The van der Waals surface area contributed by atoms with Gasteiger partial charge in [0, 0.05) is 47.0 Å². The highest BCUT2D eigenvalue weighted by molar-refractivity contribution is 6.33. The topological polar surface area (TPSA) is 109 Å². The minimum Gasteiger partial charge on any atom is -0.399 e. The van der Waals surface area contributed by atoms with Crippen LogP contribution in [0.25, 0.3) is 22.2 Å². The molecule has 0 radical (unpaired) electrons. The molecule has 0 bridgehead atoms. The van der Waals surface area contributed by atoms with Crippen LogP contribution in [0.5, 0.6) is 0 Å². The highest BCUT2D eigenvalue weighted by Crippen LogP contribution is 2.32. The summed E-state index contributed by atoms with van der Waals surface area (Å²) in [5.74, 6) is 0.365. The fourth-order valence-electron chi connectivity index (χ4n) is 3.14. The van der Waals surface area contributed by atoms with Crippen molar-refractivity contribution >= 4 is 40.0 Å². The van der Waals surface area contributed by atoms with E-state index < -0.39 is 0 Å². The number of aromatic nitrogens is 3. The molecule has 0 saturated carbocycles. The Bertz CT molecular complexity index is 1170. The van der Waals surface area contributed by atoms with Crippen molar-refractivity contribution in [2.45, 2.75) is 6.42 Å². The molecule has 0 aliphatic heterocycles. The van der Waals surface area contributed by atoms with Crippen molar-refractivity contribution in [1.82, 2.24) is 20.3 Å². The van der Waals surface area contributed by atoms with Gasteiger partial charge >= 0.3 is 0 Å². The molecular weight excluding hydrogens is 400 g/mol. The molecule has 0 aliphatic carbocycles. The summed E-state index contributed by atoms with van der Waals surface area (Å²) in [5, 5.41) is 7.60. The SMILES string of the molecule is Nc1ccc(C(=O)NCCCNc2ncc(Cl)c(-c3c[nH]c4ccccc34)n2)cc1. The number of hydrogen-bond donors (Lipinski definition) is 4. The molecule has 2 aromatic carbocycles. The lowest BCUT2D eigenvalue weighted by Gasteiger charge is -2.09. The first-order valence-electron chi connectivity index (χ1n) is 9.58. The number of hydrogen-bond acceptors (Lipinski definition) is 5. The van der Waals surface area contributed by atoms with Crippen molar-refractivity contribution in [3.8, 4) is 11.3 Å². The summed E-state index contributed by atoms with van der Waals surface area (Å²) in [6.45, 7) is 1.13. The predicted octanol–water partition coefficient (Wildman–Crippen LogP) is 4.09. The minimum atomic E-state index is -0.126. The molecule has 7 nitrogen and oxygen atoms in total. The number of rotatable bonds is 7. The number of carbonyl (C=O) groups excluding carboxylic acids is 1. The van der Waals surface area contributed by atoms with Gasteiger partial charge in [0.2, 0.25) is 5.95 Å². The molecule has 5 N–H and O–H groups in total. The van der Waals surface area contributed by atoms with E-state index in [1.54, 1.807) is 30.5 Å². The summed E-state index contributed by atoms with van der Waals surface area (Å²) in [4.78, 5) is 24.2. The third kappa shape index (κ3) is 4.36. The maximum atomic E-state index is 12.1. The summed E-state index contributed by atoms with van der Waals surface area (Å²) in [5.41, 5.74) is 9.47. The fraction of sp³-hybridized carbons (Fsp3) is 0.136. The van der Waals surface area contributed by atoms with Crippen LogP contribution in [0.2, 0.25) is 5.02 Å². The molecule has 4 rings (SSSR count). The van der Waals surface area contributed by atoms with Crippen LogP contribution < -0.4 is 16.4 Å². The molecule has 0 atom stereocenters. The molecule has 2 aromatic heterocycles. The molecule has 0 saturated heterocycles. The first kappa shape index (κ1) is 19.7. The molecule has 30 heavy (non-hydrogen) atoms. The molecule has 2 heterocycles. The first-order valence-corrected chi connectivity index (χ1v) is 9.96. The lowest BCUT2D eigenvalue weighted by atomic mass is 10.1. The normalized spacial score (nSPS) is 10.8. The number of amides is 1. The Balaban J connectivity index is 1.34. The van der Waals surface area contributed by atoms with Crippen LogP contribution in [0.1, 0.15) is 16.8 Å². The zero-order valence-electron chi connectivity index (χ0n) is 16.2. The molecule has 0 unspecified atom stereocenters. The van der Waals surface area contributed by atoms with Crippen LogP contribution in [0, 0.1) is 0 Å². The van der Waals surface area contributed by atoms with Crippen LogP contribution in [0.4, 0.5) is 11.6 Å². The van der Waals surface area contributed by atoms with Crippen molar-refractivity contribution < 1.29 is 4.79 Å². The third-order valence-electron chi connectivity index (χ3n) is 4.68. The standard InChI is InChI=1S/C22H21ClN6O/c23-18-13-28-22(29-20(18)17-12-27-19-5-2-1-4-16(17)19)26-11-3-10-25-21(30)14-6-8-15(24)9-7-14/h1-2,4-9,12-13,27H,3,10-11,24H2,(H,25,30)(H,26,28,29). The van der Waals surface area contributed by atoms with E-state index >= 15 is 0 Å². The van der Waals surface area contributed by atoms with Crippen LogP contribution in [-0.4, -0.2) is 33.9 Å². The van der Waals surface area contributed by atoms with Gasteiger partial charge < -0.3 is 21.4 Å². The van der Waals surface area contributed by atoms with E-state index in [-0.39, 0.29) is 5.91 Å². The van der Waals surface area contributed by atoms with Gasteiger partial charge in [0.15, 0.2) is 0 Å². The van der Waals surface area contributed by atoms with Gasteiger partial charge in [-0.1, -0.05) is 29.8 Å². The number of nitrogen functional groups attached to an aromatic ring is 1. The predicted molar refractivity (Wildman–Crippen MR) is 121 cm³/mol. The number of benzene rings is 2. The smallest absolute Gasteiger partial charge is 0.251 e. The van der Waals surface area contributed by atoms with Gasteiger partial charge in [0.1, 0.15) is 0 Å². The number of fused-ring (bicyclic) bond motifs is 1. The van der Waals surface area contributed by atoms with Crippen LogP contribution in [0.3, 0.4) is 0 Å². The maximum absolute atomic E-state index is 12.1. The lowest BCUT2D eigenvalue weighted by molar-refractivity contribution is 0.0953. The molecule has 0 fully saturated rings. The van der Waals surface area contributed by atoms with Gasteiger partial charge in [0.05, 0.1) is 16.9 Å². The van der Waals surface area contributed by atoms with Crippen molar-refractivity contribution in [3.63, 3.8) is 0 Å². The second kappa shape index (κ2) is 8.84. The summed E-state index contributed by atoms with van der Waals surface area (Å²) in [7, 11) is 0. The first-order chi connectivity index (χ1) is 14.6. The van der Waals surface area contributed by atoms with E-state index in [9.17, 15) is 4.79 Å². The number of H-pyrrole nitrogens is 1. The highest BCUT2D eigenvalue weighted by atomic mass is 35.5. The molecule has 8 heteroatoms. The second-order valence-corrected chi connectivity index (χ2v) is 7.20. The van der Waals surface area contributed by atoms with E-state index in [0.717, 1.165) is 22.9 Å². The van der Waals surface area contributed by atoms with E-state index in [1.165, 1.54) is 0 Å². The number of para-hydroxylation sites is 1. The average molecular weight is 421 g/mol. The van der Waals surface area contributed by atoms with Crippen molar-refractivity contribution in [2.75, 3.05) is 24.1 Å². The number of halogens is 1. The molecule has 4 aromatic rings. The average Bonchev–Trinajstić information content (AvgIpc) is 3.19. The largest absolute Gasteiger partial charge is 0.399 e. The lowest BCUT2D eigenvalue weighted by Crippen LogP contribution is -2.25. The van der Waals surface area contributed by atoms with E-state index in [0.29, 0.717) is 41.0 Å². The summed E-state index contributed by atoms with van der Waals surface area (Å²) in [6, 6.07) is 14.8. The van der Waals surface area contributed by atoms with E-state index in [2.05, 4.69) is 25.6 Å². The highest BCUT2D eigenvalue weighted by Gasteiger charge is 2.12. The Morgan fingerprint density at radius 1 is 1.10 bits per heavy atom. The Morgan fingerprint density at radius 2 is 1.90 bits per heavy atom. The Kier molecular flexibility index (Phi) is 5.81. The summed E-state index contributed by atoms with van der Waals surface area (Å²) >= 11 is 6.35. The third-order valence-corrected chi connectivity index (χ3v) is 4.96.